The molecule has 0 radical (unpaired) electrons. The number of carbonyl (C=O) groups excluding carboxylic acids is 1. The molecular weight excluding hydrogens is 447 g/mol. The summed E-state index contributed by atoms with van der Waals surface area (Å²) in [5.74, 6) is 5.17. The van der Waals surface area contributed by atoms with E-state index in [0.717, 1.165) is 0 Å². The number of rotatable bonds is 3. The number of nitrogens with one attached hydrogen (secondary N) is 2. The number of anilines is 2. The molecule has 9 heteroatoms. The van der Waals surface area contributed by atoms with Gasteiger partial charge in [0, 0.05) is 15.1 Å². The lowest BCUT2D eigenvalue weighted by Gasteiger charge is -2.11. The Labute approximate surface area is 147 Å². The molecule has 0 atom stereocenters. The molecule has 1 aromatic heterocycles. The smallest absolute Gasteiger partial charge is 0.259 e. The molecule has 0 unspecified atom stereocenters. The van der Waals surface area contributed by atoms with Crippen molar-refractivity contribution in [3.8, 4) is 0 Å². The highest BCUT2D eigenvalue weighted by molar-refractivity contribution is 9.10. The van der Waals surface area contributed by atoms with Crippen LogP contribution in [0.3, 0.4) is 0 Å². The number of nitrogens with zero attached hydrogens (tertiary/aromatic N) is 1. The second-order valence-corrected chi connectivity index (χ2v) is 6.40. The first-order chi connectivity index (χ1) is 9.93. The Bertz CT molecular complexity index is 712. The molecule has 0 aliphatic carbocycles. The predicted octanol–water partition coefficient (Wildman–Crippen LogP) is 4.45. The summed E-state index contributed by atoms with van der Waals surface area (Å²) in [4.78, 5) is 16.3. The molecule has 0 aliphatic rings. The minimum absolute atomic E-state index is 0.240. The van der Waals surface area contributed by atoms with Crippen molar-refractivity contribution >= 4 is 72.5 Å². The van der Waals surface area contributed by atoms with Gasteiger partial charge in [-0.15, -0.1) is 0 Å². The highest BCUT2D eigenvalue weighted by Gasteiger charge is 2.16. The fourth-order valence-corrected chi connectivity index (χ4v) is 2.69. The highest BCUT2D eigenvalue weighted by atomic mass is 79.9. The topological polar surface area (TPSA) is 80.0 Å². The molecule has 0 fully saturated rings. The fraction of sp³-hybridized carbons (Fsp3) is 0. The number of aromatic nitrogens is 1. The van der Waals surface area contributed by atoms with Gasteiger partial charge in [-0.1, -0.05) is 23.2 Å². The number of nitrogen functional groups attached to an aromatic ring is 1. The van der Waals surface area contributed by atoms with Crippen molar-refractivity contribution in [3.63, 3.8) is 0 Å². The van der Waals surface area contributed by atoms with Gasteiger partial charge >= 0.3 is 0 Å². The molecule has 5 nitrogen and oxygen atoms in total. The van der Waals surface area contributed by atoms with Crippen LogP contribution in [0.2, 0.25) is 10.0 Å². The van der Waals surface area contributed by atoms with Crippen LogP contribution in [0.1, 0.15) is 10.4 Å². The molecule has 110 valence electrons. The van der Waals surface area contributed by atoms with Gasteiger partial charge in [-0.05, 0) is 50.1 Å². The summed E-state index contributed by atoms with van der Waals surface area (Å²) in [6.45, 7) is 0. The number of halogens is 4. The average molecular weight is 455 g/mol. The van der Waals surface area contributed by atoms with Crippen molar-refractivity contribution in [2.45, 2.75) is 0 Å². The van der Waals surface area contributed by atoms with Gasteiger partial charge in [0.2, 0.25) is 0 Å². The summed E-state index contributed by atoms with van der Waals surface area (Å²) in [6, 6.07) is 4.91. The predicted molar refractivity (Wildman–Crippen MR) is 91.9 cm³/mol. The van der Waals surface area contributed by atoms with Crippen LogP contribution in [0.4, 0.5) is 11.5 Å². The van der Waals surface area contributed by atoms with Gasteiger partial charge in [-0.3, -0.25) is 4.79 Å². The zero-order valence-electron chi connectivity index (χ0n) is 10.3. The molecule has 21 heavy (non-hydrogen) atoms. The van der Waals surface area contributed by atoms with Gasteiger partial charge in [0.15, 0.2) is 5.82 Å². The summed E-state index contributed by atoms with van der Waals surface area (Å²) in [7, 11) is 0. The van der Waals surface area contributed by atoms with E-state index in [9.17, 15) is 4.79 Å². The largest absolute Gasteiger partial charge is 0.320 e. The monoisotopic (exact) mass is 452 g/mol. The summed E-state index contributed by atoms with van der Waals surface area (Å²) in [5.41, 5.74) is 3.02. The summed E-state index contributed by atoms with van der Waals surface area (Å²) >= 11 is 18.6. The zero-order chi connectivity index (χ0) is 15.6. The minimum atomic E-state index is -0.419. The molecule has 0 saturated heterocycles. The number of nitrogens with two attached hydrogens (primary N) is 1. The van der Waals surface area contributed by atoms with Crippen molar-refractivity contribution in [1.29, 1.82) is 0 Å². The molecule has 0 bridgehead atoms. The quantitative estimate of drug-likeness (QED) is 0.363. The molecule has 1 aromatic carbocycles. The van der Waals surface area contributed by atoms with Gasteiger partial charge < -0.3 is 10.7 Å². The van der Waals surface area contributed by atoms with Crippen LogP contribution in [-0.2, 0) is 0 Å². The Morgan fingerprint density at radius 2 is 1.95 bits per heavy atom. The van der Waals surface area contributed by atoms with Gasteiger partial charge in [0.25, 0.3) is 5.91 Å². The van der Waals surface area contributed by atoms with Crippen LogP contribution >= 0.6 is 55.1 Å². The van der Waals surface area contributed by atoms with Gasteiger partial charge in [0.05, 0.1) is 21.3 Å². The Hall–Kier alpha value is -0.860. The van der Waals surface area contributed by atoms with E-state index in [2.05, 4.69) is 47.6 Å². The van der Waals surface area contributed by atoms with Gasteiger partial charge in [0.1, 0.15) is 0 Å². The maximum atomic E-state index is 12.3. The van der Waals surface area contributed by atoms with Crippen LogP contribution in [0, 0.1) is 0 Å². The van der Waals surface area contributed by atoms with E-state index >= 15 is 0 Å². The molecule has 2 aromatic rings. The molecular formula is C12H8Br2Cl2N4O. The SMILES string of the molecule is NNc1ncc(Br)cc1C(=O)Nc1ccc(Br)c(Cl)c1Cl. The molecule has 2 rings (SSSR count). The number of hydrogen-bond acceptors (Lipinski definition) is 4. The van der Waals surface area contributed by atoms with Crippen LogP contribution < -0.4 is 16.6 Å². The van der Waals surface area contributed by atoms with Crippen molar-refractivity contribution in [1.82, 2.24) is 4.98 Å². The minimum Gasteiger partial charge on any atom is -0.320 e. The van der Waals surface area contributed by atoms with Crippen molar-refractivity contribution in [2.75, 3.05) is 10.7 Å². The Morgan fingerprint density at radius 3 is 2.62 bits per heavy atom. The second-order valence-electron chi connectivity index (χ2n) is 3.87. The van der Waals surface area contributed by atoms with E-state index in [1.807, 2.05) is 0 Å². The van der Waals surface area contributed by atoms with Crippen LogP contribution in [0.5, 0.6) is 0 Å². The lowest BCUT2D eigenvalue weighted by Crippen LogP contribution is -2.18. The zero-order valence-corrected chi connectivity index (χ0v) is 14.9. The number of pyridine rings is 1. The number of carbonyl (C=O) groups is 1. The van der Waals surface area contributed by atoms with Crippen LogP contribution in [0.15, 0.2) is 33.3 Å². The normalized spacial score (nSPS) is 10.3. The third kappa shape index (κ3) is 3.67. The first kappa shape index (κ1) is 16.5. The number of hydrazine groups is 1. The molecule has 0 spiro atoms. The molecule has 1 amide bonds. The molecule has 0 saturated carbocycles. The van der Waals surface area contributed by atoms with E-state index in [0.29, 0.717) is 19.7 Å². The fourth-order valence-electron chi connectivity index (χ4n) is 1.54. The Kier molecular flexibility index (Phi) is 5.45. The van der Waals surface area contributed by atoms with E-state index < -0.39 is 5.91 Å². The third-order valence-corrected chi connectivity index (χ3v) is 4.72. The van der Waals surface area contributed by atoms with Crippen molar-refractivity contribution < 1.29 is 4.79 Å². The first-order valence-electron chi connectivity index (χ1n) is 5.51. The second kappa shape index (κ2) is 6.93. The van der Waals surface area contributed by atoms with E-state index in [4.69, 9.17) is 29.0 Å². The third-order valence-electron chi connectivity index (χ3n) is 2.52. The Morgan fingerprint density at radius 1 is 1.24 bits per heavy atom. The molecule has 1 heterocycles. The summed E-state index contributed by atoms with van der Waals surface area (Å²) < 4.78 is 1.28. The van der Waals surface area contributed by atoms with E-state index in [1.54, 1.807) is 18.2 Å². The maximum Gasteiger partial charge on any atom is 0.259 e. The number of amides is 1. The van der Waals surface area contributed by atoms with E-state index in [-0.39, 0.29) is 16.4 Å². The van der Waals surface area contributed by atoms with Gasteiger partial charge in [-0.2, -0.15) is 0 Å². The Balaban J connectivity index is 2.35. The van der Waals surface area contributed by atoms with Crippen molar-refractivity contribution in [3.05, 3.63) is 49.0 Å². The molecule has 4 N–H and O–H groups in total. The average Bonchev–Trinajstić information content (AvgIpc) is 2.47. The first-order valence-corrected chi connectivity index (χ1v) is 7.85. The van der Waals surface area contributed by atoms with Crippen molar-refractivity contribution in [2.24, 2.45) is 5.84 Å². The number of hydrogen-bond donors (Lipinski definition) is 3. The standard InChI is InChI=1S/C12H8Br2Cl2N4O/c13-5-3-6(11(20-17)18-4-5)12(21)19-8-2-1-7(14)9(15)10(8)16/h1-4H,17H2,(H,18,20)(H,19,21). The summed E-state index contributed by atoms with van der Waals surface area (Å²) in [6.07, 6.45) is 1.52. The van der Waals surface area contributed by atoms with Gasteiger partial charge in [-0.25, -0.2) is 10.8 Å². The highest BCUT2D eigenvalue weighted by Crippen LogP contribution is 2.36. The van der Waals surface area contributed by atoms with E-state index in [1.165, 1.54) is 6.20 Å². The molecule has 0 aliphatic heterocycles. The summed E-state index contributed by atoms with van der Waals surface area (Å²) in [5, 5.41) is 3.22. The van der Waals surface area contributed by atoms with Crippen LogP contribution in [-0.4, -0.2) is 10.9 Å². The number of benzene rings is 1. The lowest BCUT2D eigenvalue weighted by atomic mass is 10.2. The van der Waals surface area contributed by atoms with Crippen LogP contribution in [0.25, 0.3) is 0 Å². The maximum absolute atomic E-state index is 12.3. The lowest BCUT2D eigenvalue weighted by molar-refractivity contribution is 0.102.